The van der Waals surface area contributed by atoms with Crippen molar-refractivity contribution >= 4 is 11.6 Å². The molecule has 18 heavy (non-hydrogen) atoms. The van der Waals surface area contributed by atoms with Crippen molar-refractivity contribution in [2.45, 2.75) is 12.5 Å². The molecular formula is C13H10ClF2NO. The maximum absolute atomic E-state index is 13.5. The van der Waals surface area contributed by atoms with Gasteiger partial charge in [0.1, 0.15) is 23.4 Å². The Bertz CT molecular complexity index is 562. The summed E-state index contributed by atoms with van der Waals surface area (Å²) in [6, 6.07) is 6.64. The summed E-state index contributed by atoms with van der Waals surface area (Å²) in [6.07, 6.45) is 0.0789. The van der Waals surface area contributed by atoms with Gasteiger partial charge < -0.3 is 5.11 Å². The highest BCUT2D eigenvalue weighted by Crippen LogP contribution is 2.22. The number of hydrogen-bond acceptors (Lipinski definition) is 2. The second-order valence-electron chi connectivity index (χ2n) is 3.83. The van der Waals surface area contributed by atoms with E-state index < -0.39 is 17.7 Å². The summed E-state index contributed by atoms with van der Waals surface area (Å²) in [7, 11) is 0. The summed E-state index contributed by atoms with van der Waals surface area (Å²) < 4.78 is 26.8. The number of aliphatic hydroxyl groups excluding tert-OH is 1. The zero-order valence-corrected chi connectivity index (χ0v) is 10.0. The molecule has 2 aromatic rings. The van der Waals surface area contributed by atoms with E-state index in [4.69, 9.17) is 11.6 Å². The fraction of sp³-hybridized carbons (Fsp3) is 0.154. The molecule has 0 saturated carbocycles. The molecule has 94 valence electrons. The van der Waals surface area contributed by atoms with E-state index in [-0.39, 0.29) is 17.7 Å². The van der Waals surface area contributed by atoms with Gasteiger partial charge in [0.2, 0.25) is 0 Å². The fourth-order valence-corrected chi connectivity index (χ4v) is 1.84. The summed E-state index contributed by atoms with van der Waals surface area (Å²) >= 11 is 5.74. The number of rotatable bonds is 3. The largest absolute Gasteiger partial charge is 0.386 e. The van der Waals surface area contributed by atoms with Crippen molar-refractivity contribution in [2.75, 3.05) is 0 Å². The van der Waals surface area contributed by atoms with E-state index in [0.717, 1.165) is 0 Å². The van der Waals surface area contributed by atoms with E-state index in [1.165, 1.54) is 36.5 Å². The van der Waals surface area contributed by atoms with Crippen LogP contribution >= 0.6 is 11.6 Å². The van der Waals surface area contributed by atoms with Gasteiger partial charge in [-0.25, -0.2) is 8.78 Å². The normalized spacial score (nSPS) is 12.4. The van der Waals surface area contributed by atoms with E-state index in [1.807, 2.05) is 0 Å². The summed E-state index contributed by atoms with van der Waals surface area (Å²) in [5.41, 5.74) is 0.122. The van der Waals surface area contributed by atoms with Crippen molar-refractivity contribution in [1.29, 1.82) is 0 Å². The van der Waals surface area contributed by atoms with Crippen LogP contribution in [0.5, 0.6) is 0 Å². The van der Waals surface area contributed by atoms with Gasteiger partial charge in [-0.3, -0.25) is 4.98 Å². The lowest BCUT2D eigenvalue weighted by atomic mass is 10.0. The van der Waals surface area contributed by atoms with E-state index in [1.54, 1.807) is 0 Å². The Kier molecular flexibility index (Phi) is 3.89. The standard InChI is InChI=1S/C13H10ClF2NO/c14-9-3-4-10(15)8(6-9)7-12(18)13-11(16)2-1-5-17-13/h1-6,12,18H,7H2. The van der Waals surface area contributed by atoms with Crippen LogP contribution < -0.4 is 0 Å². The predicted molar refractivity (Wildman–Crippen MR) is 64.3 cm³/mol. The zero-order chi connectivity index (χ0) is 13.1. The highest BCUT2D eigenvalue weighted by atomic mass is 35.5. The molecule has 0 radical (unpaired) electrons. The minimum atomic E-state index is -1.21. The smallest absolute Gasteiger partial charge is 0.147 e. The van der Waals surface area contributed by atoms with Gasteiger partial charge in [-0.15, -0.1) is 0 Å². The molecule has 1 aromatic carbocycles. The van der Waals surface area contributed by atoms with Gasteiger partial charge in [0, 0.05) is 17.6 Å². The van der Waals surface area contributed by atoms with Crippen molar-refractivity contribution in [3.63, 3.8) is 0 Å². The van der Waals surface area contributed by atoms with Gasteiger partial charge >= 0.3 is 0 Å². The highest BCUT2D eigenvalue weighted by molar-refractivity contribution is 6.30. The van der Waals surface area contributed by atoms with E-state index in [2.05, 4.69) is 4.98 Å². The monoisotopic (exact) mass is 269 g/mol. The molecule has 0 saturated heterocycles. The van der Waals surface area contributed by atoms with Crippen molar-refractivity contribution in [3.8, 4) is 0 Å². The first-order valence-corrected chi connectivity index (χ1v) is 5.68. The van der Waals surface area contributed by atoms with Crippen LogP contribution in [0, 0.1) is 11.6 Å². The van der Waals surface area contributed by atoms with Crippen LogP contribution in [0.2, 0.25) is 5.02 Å². The van der Waals surface area contributed by atoms with E-state index in [0.29, 0.717) is 5.02 Å². The molecule has 0 aliphatic rings. The molecule has 0 amide bonds. The highest BCUT2D eigenvalue weighted by Gasteiger charge is 2.16. The second kappa shape index (κ2) is 5.42. The first-order valence-electron chi connectivity index (χ1n) is 5.30. The number of aromatic nitrogens is 1. The van der Waals surface area contributed by atoms with E-state index >= 15 is 0 Å². The SMILES string of the molecule is OC(Cc1cc(Cl)ccc1F)c1ncccc1F. The summed E-state index contributed by atoms with van der Waals surface area (Å²) in [6.45, 7) is 0. The second-order valence-corrected chi connectivity index (χ2v) is 4.26. The zero-order valence-electron chi connectivity index (χ0n) is 9.28. The number of halogens is 3. The van der Waals surface area contributed by atoms with Crippen molar-refractivity contribution in [3.05, 3.63) is 64.4 Å². The maximum atomic E-state index is 13.5. The molecule has 1 atom stereocenters. The van der Waals surface area contributed by atoms with Crippen LogP contribution in [-0.4, -0.2) is 10.1 Å². The van der Waals surface area contributed by atoms with Gasteiger partial charge in [0.25, 0.3) is 0 Å². The molecule has 0 spiro atoms. The van der Waals surface area contributed by atoms with Crippen molar-refractivity contribution in [2.24, 2.45) is 0 Å². The summed E-state index contributed by atoms with van der Waals surface area (Å²) in [5, 5.41) is 10.2. The Hall–Kier alpha value is -1.52. The average molecular weight is 270 g/mol. The lowest BCUT2D eigenvalue weighted by Crippen LogP contribution is -2.07. The quantitative estimate of drug-likeness (QED) is 0.927. The van der Waals surface area contributed by atoms with Gasteiger partial charge in [0.15, 0.2) is 0 Å². The first-order chi connectivity index (χ1) is 8.58. The number of pyridine rings is 1. The van der Waals surface area contributed by atoms with Gasteiger partial charge in [-0.1, -0.05) is 11.6 Å². The van der Waals surface area contributed by atoms with Gasteiger partial charge in [0.05, 0.1) is 0 Å². The summed E-state index contributed by atoms with van der Waals surface area (Å²) in [5.74, 6) is -1.11. The van der Waals surface area contributed by atoms with Crippen molar-refractivity contribution < 1.29 is 13.9 Å². The Labute approximate surface area is 108 Å². The lowest BCUT2D eigenvalue weighted by molar-refractivity contribution is 0.167. The molecule has 1 unspecified atom stereocenters. The lowest BCUT2D eigenvalue weighted by Gasteiger charge is -2.11. The molecule has 2 nitrogen and oxygen atoms in total. The van der Waals surface area contributed by atoms with Gasteiger partial charge in [-0.05, 0) is 35.9 Å². The van der Waals surface area contributed by atoms with E-state index in [9.17, 15) is 13.9 Å². The number of hydrogen-bond donors (Lipinski definition) is 1. The average Bonchev–Trinajstić information content (AvgIpc) is 2.34. The fourth-order valence-electron chi connectivity index (χ4n) is 1.65. The number of nitrogens with zero attached hydrogens (tertiary/aromatic N) is 1. The Morgan fingerprint density at radius 3 is 2.72 bits per heavy atom. The molecule has 1 N–H and O–H groups in total. The van der Waals surface area contributed by atoms with Gasteiger partial charge in [-0.2, -0.15) is 0 Å². The predicted octanol–water partition coefficient (Wildman–Crippen LogP) is 3.29. The number of benzene rings is 1. The summed E-state index contributed by atoms with van der Waals surface area (Å²) in [4.78, 5) is 3.75. The molecule has 0 aliphatic carbocycles. The first kappa shape index (κ1) is 12.9. The molecule has 0 fully saturated rings. The topological polar surface area (TPSA) is 33.1 Å². The number of aliphatic hydroxyl groups is 1. The molecule has 1 aromatic heterocycles. The molecular weight excluding hydrogens is 260 g/mol. The third kappa shape index (κ3) is 2.83. The molecule has 2 rings (SSSR count). The van der Waals surface area contributed by atoms with Crippen LogP contribution in [0.1, 0.15) is 17.4 Å². The Morgan fingerprint density at radius 2 is 2.00 bits per heavy atom. The van der Waals surface area contributed by atoms with Crippen LogP contribution in [0.4, 0.5) is 8.78 Å². The van der Waals surface area contributed by atoms with Crippen LogP contribution in [-0.2, 0) is 6.42 Å². The third-order valence-electron chi connectivity index (χ3n) is 2.52. The molecule has 1 heterocycles. The van der Waals surface area contributed by atoms with Crippen LogP contribution in [0.3, 0.4) is 0 Å². The minimum absolute atomic E-state index is 0.0830. The van der Waals surface area contributed by atoms with Crippen LogP contribution in [0.25, 0.3) is 0 Å². The molecule has 5 heteroatoms. The minimum Gasteiger partial charge on any atom is -0.386 e. The molecule has 0 bridgehead atoms. The maximum Gasteiger partial charge on any atom is 0.147 e. The van der Waals surface area contributed by atoms with Crippen LogP contribution in [0.15, 0.2) is 36.5 Å². The Balaban J connectivity index is 2.24. The third-order valence-corrected chi connectivity index (χ3v) is 2.76. The Morgan fingerprint density at radius 1 is 1.22 bits per heavy atom. The molecule has 0 aliphatic heterocycles. The van der Waals surface area contributed by atoms with Crippen molar-refractivity contribution in [1.82, 2.24) is 4.98 Å².